The minimum absolute atomic E-state index is 0.0323. The highest BCUT2D eigenvalue weighted by molar-refractivity contribution is 6.01. The first-order chi connectivity index (χ1) is 28.9. The number of hydrogen-bond acceptors (Lipinski definition) is 12. The number of aryl methyl sites for hydroxylation is 1. The van der Waals surface area contributed by atoms with Gasteiger partial charge in [0.1, 0.15) is 18.2 Å². The van der Waals surface area contributed by atoms with Gasteiger partial charge in [-0.1, -0.05) is 38.1 Å². The van der Waals surface area contributed by atoms with E-state index in [1.165, 1.54) is 12.4 Å². The van der Waals surface area contributed by atoms with Crippen LogP contribution in [-0.2, 0) is 32.8 Å². The largest absolute Gasteiger partial charge is 0.490 e. The fourth-order valence-corrected chi connectivity index (χ4v) is 6.94. The number of pyridine rings is 1. The van der Waals surface area contributed by atoms with Crippen molar-refractivity contribution >= 4 is 34.9 Å². The maximum Gasteiger partial charge on any atom is 0.490 e. The van der Waals surface area contributed by atoms with E-state index in [1.54, 1.807) is 22.8 Å². The Labute approximate surface area is 347 Å². The second-order valence-corrected chi connectivity index (χ2v) is 15.9. The van der Waals surface area contributed by atoms with E-state index in [4.69, 9.17) is 19.4 Å². The Morgan fingerprint density at radius 2 is 1.77 bits per heavy atom. The molecule has 0 radical (unpaired) electrons. The highest BCUT2D eigenvalue weighted by atomic mass is 19.4. The number of halogens is 4. The number of benzene rings is 1. The first kappa shape index (κ1) is 44.2. The molecule has 2 aliphatic rings. The van der Waals surface area contributed by atoms with Crippen LogP contribution in [0.15, 0.2) is 59.6 Å². The van der Waals surface area contributed by atoms with Crippen molar-refractivity contribution in [3.05, 3.63) is 89.5 Å². The summed E-state index contributed by atoms with van der Waals surface area (Å²) in [6.07, 6.45) is 6.09. The Kier molecular flexibility index (Phi) is 13.7. The molecule has 0 saturated carbocycles. The fraction of sp³-hybridized carbons (Fsp3) is 0.439. The van der Waals surface area contributed by atoms with Crippen LogP contribution in [0, 0.1) is 5.82 Å². The average molecular weight is 851 g/mol. The summed E-state index contributed by atoms with van der Waals surface area (Å²) in [6, 6.07) is 10.5. The summed E-state index contributed by atoms with van der Waals surface area (Å²) in [5, 5.41) is 23.5. The molecule has 20 heteroatoms. The van der Waals surface area contributed by atoms with Crippen LogP contribution in [0.25, 0.3) is 16.8 Å². The van der Waals surface area contributed by atoms with E-state index in [0.29, 0.717) is 41.5 Å². The van der Waals surface area contributed by atoms with E-state index >= 15 is 4.39 Å². The topological polar surface area (TPSA) is 210 Å². The molecule has 2 fully saturated rings. The maximum atomic E-state index is 15.2. The molecule has 1 aromatic carbocycles. The number of carboxylic acids is 1. The van der Waals surface area contributed by atoms with Crippen LogP contribution in [0.3, 0.4) is 0 Å². The van der Waals surface area contributed by atoms with Gasteiger partial charge < -0.3 is 25.2 Å². The summed E-state index contributed by atoms with van der Waals surface area (Å²) in [4.78, 5) is 60.8. The van der Waals surface area contributed by atoms with Crippen LogP contribution in [0.1, 0.15) is 98.5 Å². The van der Waals surface area contributed by atoms with E-state index in [2.05, 4.69) is 47.1 Å². The summed E-state index contributed by atoms with van der Waals surface area (Å²) in [6.45, 7) is 8.77. The number of alkyl halides is 3. The molecule has 1 atom stereocenters. The number of carbonyl (C=O) groups excluding carboxylic acids is 3. The molecule has 5 aromatic rings. The number of likely N-dealkylation sites (tertiary alicyclic amines) is 1. The van der Waals surface area contributed by atoms with Gasteiger partial charge in [-0.05, 0) is 88.0 Å². The fourth-order valence-electron chi connectivity index (χ4n) is 6.94. The Balaban J connectivity index is 0.000000819. The lowest BCUT2D eigenvalue weighted by molar-refractivity contribution is -0.192. The lowest BCUT2D eigenvalue weighted by atomic mass is 9.93. The number of unbranched alkanes of at least 4 members (excludes halogenated alkanes) is 1. The van der Waals surface area contributed by atoms with Crippen molar-refractivity contribution in [1.29, 1.82) is 0 Å². The predicted octanol–water partition coefficient (Wildman–Crippen LogP) is 5.59. The molecule has 2 saturated heterocycles. The maximum absolute atomic E-state index is 15.2. The Bertz CT molecular complexity index is 2350. The van der Waals surface area contributed by atoms with Gasteiger partial charge in [-0.25, -0.2) is 18.7 Å². The lowest BCUT2D eigenvalue weighted by Crippen LogP contribution is -2.47. The third-order valence-electron chi connectivity index (χ3n) is 10.3. The Morgan fingerprint density at radius 3 is 2.41 bits per heavy atom. The number of aromatic nitrogens is 6. The summed E-state index contributed by atoms with van der Waals surface area (Å²) in [5.41, 5.74) is 4.98. The van der Waals surface area contributed by atoms with Crippen molar-refractivity contribution in [2.24, 2.45) is 0 Å². The number of aliphatic carboxylic acids is 1. The van der Waals surface area contributed by atoms with Crippen molar-refractivity contribution in [1.82, 2.24) is 45.3 Å². The number of fused-ring (bicyclic) bond motifs is 1. The zero-order valence-corrected chi connectivity index (χ0v) is 33.8. The predicted molar refractivity (Wildman–Crippen MR) is 212 cm³/mol. The summed E-state index contributed by atoms with van der Waals surface area (Å²) < 4.78 is 54.0. The third kappa shape index (κ3) is 11.7. The molecule has 4 N–H and O–H groups in total. The average Bonchev–Trinajstić information content (AvgIpc) is 3.89. The minimum Gasteiger partial charge on any atom is -0.475 e. The standard InChI is InChI=1S/C39H45FN10O4.C2HF3O2/c1-39(2,3)38-47-35(48-54-38)37(53)42-20-27-8-7-26(19-29(27)40)34-32-18-24(22-50(32)44-23-43-34)6-4-5-15-49-16-13-25(14-17-49)30-10-9-28(21-41-30)45-31-11-12-33(51)46-36(31)52;3-2(4,5)1(6)7/h7-10,18-19,21-23,25,31,45H,4-6,11-17,20H2,1-3H3,(H,42,53)(H,46,51,52);(H,6,7). The molecule has 1 unspecified atom stereocenters. The van der Waals surface area contributed by atoms with Crippen molar-refractivity contribution < 1.29 is 46.4 Å². The van der Waals surface area contributed by atoms with Gasteiger partial charge in [0.05, 0.1) is 23.1 Å². The second kappa shape index (κ2) is 18.9. The van der Waals surface area contributed by atoms with E-state index in [0.717, 1.165) is 74.2 Å². The first-order valence-electron chi connectivity index (χ1n) is 19.8. The van der Waals surface area contributed by atoms with Gasteiger partial charge in [0.25, 0.3) is 11.7 Å². The van der Waals surface area contributed by atoms with Gasteiger partial charge in [0.2, 0.25) is 17.7 Å². The Morgan fingerprint density at radius 1 is 1.02 bits per heavy atom. The van der Waals surface area contributed by atoms with Crippen LogP contribution in [0.2, 0.25) is 0 Å². The Hall–Kier alpha value is -6.31. The molecule has 324 valence electrons. The van der Waals surface area contributed by atoms with Crippen LogP contribution in [0.4, 0.5) is 23.2 Å². The van der Waals surface area contributed by atoms with Crippen LogP contribution in [0.5, 0.6) is 0 Å². The molecular weight excluding hydrogens is 805 g/mol. The zero-order chi connectivity index (χ0) is 43.9. The first-order valence-corrected chi connectivity index (χ1v) is 19.8. The van der Waals surface area contributed by atoms with Gasteiger partial charge in [-0.15, -0.1) is 0 Å². The van der Waals surface area contributed by atoms with Crippen molar-refractivity contribution in [3.8, 4) is 11.3 Å². The molecule has 2 aliphatic heterocycles. The number of anilines is 1. The molecule has 61 heavy (non-hydrogen) atoms. The molecule has 0 spiro atoms. The van der Waals surface area contributed by atoms with Gasteiger partial charge in [-0.2, -0.15) is 23.3 Å². The molecule has 0 bridgehead atoms. The lowest BCUT2D eigenvalue weighted by Gasteiger charge is -2.31. The number of amides is 3. The van der Waals surface area contributed by atoms with E-state index in [1.807, 2.05) is 39.1 Å². The van der Waals surface area contributed by atoms with E-state index in [9.17, 15) is 27.6 Å². The summed E-state index contributed by atoms with van der Waals surface area (Å²) in [7, 11) is 0. The quantitative estimate of drug-likeness (QED) is 0.0686. The van der Waals surface area contributed by atoms with Crippen molar-refractivity contribution in [3.63, 3.8) is 0 Å². The zero-order valence-electron chi connectivity index (χ0n) is 33.8. The number of rotatable bonds is 12. The molecule has 4 aromatic heterocycles. The van der Waals surface area contributed by atoms with Crippen molar-refractivity contribution in [2.75, 3.05) is 25.0 Å². The van der Waals surface area contributed by atoms with Crippen LogP contribution < -0.4 is 16.0 Å². The van der Waals surface area contributed by atoms with Crippen molar-refractivity contribution in [2.45, 2.75) is 95.8 Å². The second-order valence-electron chi connectivity index (χ2n) is 15.9. The molecule has 7 rings (SSSR count). The summed E-state index contributed by atoms with van der Waals surface area (Å²) >= 11 is 0. The number of carboxylic acid groups (broad SMARTS) is 1. The third-order valence-corrected chi connectivity index (χ3v) is 10.3. The van der Waals surface area contributed by atoms with E-state index < -0.39 is 35.3 Å². The van der Waals surface area contributed by atoms with Crippen LogP contribution >= 0.6 is 0 Å². The number of hydrogen-bond donors (Lipinski definition) is 4. The number of carbonyl (C=O) groups is 4. The molecule has 16 nitrogen and oxygen atoms in total. The highest BCUT2D eigenvalue weighted by Gasteiger charge is 2.38. The smallest absolute Gasteiger partial charge is 0.475 e. The molecule has 3 amide bonds. The number of nitrogens with one attached hydrogen (secondary N) is 3. The molecular formula is C41H46F4N10O6. The number of piperidine rings is 2. The number of nitrogens with zero attached hydrogens (tertiary/aromatic N) is 7. The normalized spacial score (nSPS) is 16.5. The number of imide groups is 1. The summed E-state index contributed by atoms with van der Waals surface area (Å²) in [5.74, 6) is -3.61. The highest BCUT2D eigenvalue weighted by Crippen LogP contribution is 2.29. The molecule has 0 aliphatic carbocycles. The SMILES string of the molecule is CC(C)(C)c1nc(C(=O)NCc2ccc(-c3ncnn4cc(CCCCN5CCC(c6ccc(NC7CCC(=O)NC7=O)cn6)CC5)cc34)cc2F)no1.O=C(O)C(F)(F)F. The molecule has 6 heterocycles. The van der Waals surface area contributed by atoms with Gasteiger partial charge in [0, 0.05) is 47.3 Å². The van der Waals surface area contributed by atoms with Gasteiger partial charge in [-0.3, -0.25) is 24.7 Å². The van der Waals surface area contributed by atoms with Crippen LogP contribution in [-0.4, -0.2) is 95.3 Å². The van der Waals surface area contributed by atoms with Gasteiger partial charge >= 0.3 is 12.1 Å². The van der Waals surface area contributed by atoms with E-state index in [-0.39, 0.29) is 24.2 Å². The monoisotopic (exact) mass is 850 g/mol. The van der Waals surface area contributed by atoms with Gasteiger partial charge in [0.15, 0.2) is 0 Å². The minimum atomic E-state index is -5.08.